The maximum absolute atomic E-state index is 13.4. The van der Waals surface area contributed by atoms with E-state index >= 15 is 0 Å². The molecule has 0 aliphatic carbocycles. The molecule has 9 heteroatoms. The predicted octanol–water partition coefficient (Wildman–Crippen LogP) is 3.11. The first kappa shape index (κ1) is 19.8. The number of hydrogen-bond donors (Lipinski definition) is 2. The summed E-state index contributed by atoms with van der Waals surface area (Å²) in [5.74, 6) is -0.986. The SMILES string of the molecule is Cc1cc(NC(=O)c2cc(S(=O)(=O)NC3(C)COC3)ccc2Cl)ccc1F. The minimum atomic E-state index is -3.86. The molecule has 2 aromatic rings. The predicted molar refractivity (Wildman–Crippen MR) is 100 cm³/mol. The zero-order chi connectivity index (χ0) is 19.8. The Hall–Kier alpha value is -2.00. The van der Waals surface area contributed by atoms with Crippen LogP contribution in [-0.4, -0.2) is 33.1 Å². The number of halogens is 2. The summed E-state index contributed by atoms with van der Waals surface area (Å²) in [6, 6.07) is 8.00. The van der Waals surface area contributed by atoms with Gasteiger partial charge in [0.25, 0.3) is 5.91 Å². The van der Waals surface area contributed by atoms with Gasteiger partial charge in [0.05, 0.1) is 34.2 Å². The average molecular weight is 413 g/mol. The summed E-state index contributed by atoms with van der Waals surface area (Å²) in [7, 11) is -3.86. The van der Waals surface area contributed by atoms with Gasteiger partial charge in [-0.15, -0.1) is 0 Å². The molecular weight excluding hydrogens is 395 g/mol. The van der Waals surface area contributed by atoms with E-state index in [2.05, 4.69) is 10.0 Å². The highest BCUT2D eigenvalue weighted by Gasteiger charge is 2.38. The molecule has 0 bridgehead atoms. The zero-order valence-electron chi connectivity index (χ0n) is 14.7. The van der Waals surface area contributed by atoms with Gasteiger partial charge in [-0.05, 0) is 55.8 Å². The molecule has 0 radical (unpaired) electrons. The molecule has 27 heavy (non-hydrogen) atoms. The van der Waals surface area contributed by atoms with Crippen molar-refractivity contribution in [2.75, 3.05) is 18.5 Å². The van der Waals surface area contributed by atoms with E-state index in [0.29, 0.717) is 11.3 Å². The second kappa shape index (κ2) is 7.20. The van der Waals surface area contributed by atoms with Crippen molar-refractivity contribution in [3.05, 3.63) is 58.4 Å². The van der Waals surface area contributed by atoms with Gasteiger partial charge in [0.2, 0.25) is 10.0 Å². The van der Waals surface area contributed by atoms with E-state index in [1.807, 2.05) is 0 Å². The maximum Gasteiger partial charge on any atom is 0.257 e. The summed E-state index contributed by atoms with van der Waals surface area (Å²) in [6.07, 6.45) is 0. The number of ether oxygens (including phenoxy) is 1. The molecule has 1 aliphatic heterocycles. The van der Waals surface area contributed by atoms with Gasteiger partial charge < -0.3 is 10.1 Å². The second-order valence-corrected chi connectivity index (χ2v) is 8.81. The number of sulfonamides is 1. The lowest BCUT2D eigenvalue weighted by Crippen LogP contribution is -2.59. The van der Waals surface area contributed by atoms with Crippen LogP contribution in [0.4, 0.5) is 10.1 Å². The third-order valence-electron chi connectivity index (χ3n) is 4.13. The number of anilines is 1. The van der Waals surface area contributed by atoms with Crippen LogP contribution in [0.25, 0.3) is 0 Å². The molecule has 1 fully saturated rings. The van der Waals surface area contributed by atoms with E-state index in [-0.39, 0.29) is 28.7 Å². The van der Waals surface area contributed by atoms with E-state index in [1.54, 1.807) is 13.8 Å². The summed E-state index contributed by atoms with van der Waals surface area (Å²) in [5.41, 5.74) is 0.0689. The van der Waals surface area contributed by atoms with E-state index in [0.717, 1.165) is 0 Å². The highest BCUT2D eigenvalue weighted by Crippen LogP contribution is 2.25. The van der Waals surface area contributed by atoms with Gasteiger partial charge >= 0.3 is 0 Å². The van der Waals surface area contributed by atoms with Gasteiger partial charge in [-0.1, -0.05) is 11.6 Å². The minimum absolute atomic E-state index is 0.00321. The van der Waals surface area contributed by atoms with Crippen LogP contribution >= 0.6 is 11.6 Å². The van der Waals surface area contributed by atoms with Crippen molar-refractivity contribution in [2.45, 2.75) is 24.3 Å². The van der Waals surface area contributed by atoms with E-state index in [4.69, 9.17) is 16.3 Å². The maximum atomic E-state index is 13.4. The molecule has 1 heterocycles. The lowest BCUT2D eigenvalue weighted by molar-refractivity contribution is -0.0523. The standard InChI is InChI=1S/C18H18ClFN2O4S/c1-11-7-12(3-6-16(11)20)21-17(23)14-8-13(4-5-15(14)19)27(24,25)22-18(2)9-26-10-18/h3-8,22H,9-10H2,1-2H3,(H,21,23). The first-order valence-corrected chi connectivity index (χ1v) is 9.95. The molecule has 144 valence electrons. The lowest BCUT2D eigenvalue weighted by Gasteiger charge is -2.38. The number of hydrogen-bond acceptors (Lipinski definition) is 4. The third kappa shape index (κ3) is 4.30. The molecule has 1 aliphatic rings. The topological polar surface area (TPSA) is 84.5 Å². The molecule has 3 rings (SSSR count). The summed E-state index contributed by atoms with van der Waals surface area (Å²) in [4.78, 5) is 12.5. The first-order chi connectivity index (χ1) is 12.6. The van der Waals surface area contributed by atoms with Crippen LogP contribution < -0.4 is 10.0 Å². The van der Waals surface area contributed by atoms with Crippen LogP contribution in [-0.2, 0) is 14.8 Å². The first-order valence-electron chi connectivity index (χ1n) is 8.08. The van der Waals surface area contributed by atoms with Gasteiger partial charge in [0.1, 0.15) is 5.82 Å². The van der Waals surface area contributed by atoms with Crippen molar-refractivity contribution < 1.29 is 22.3 Å². The van der Waals surface area contributed by atoms with Crippen LogP contribution in [0.1, 0.15) is 22.8 Å². The van der Waals surface area contributed by atoms with Crippen molar-refractivity contribution in [3.63, 3.8) is 0 Å². The number of rotatable bonds is 5. The largest absolute Gasteiger partial charge is 0.377 e. The van der Waals surface area contributed by atoms with E-state index in [9.17, 15) is 17.6 Å². The monoisotopic (exact) mass is 412 g/mol. The van der Waals surface area contributed by atoms with Gasteiger partial charge in [-0.2, -0.15) is 0 Å². The fourth-order valence-corrected chi connectivity index (χ4v) is 4.22. The van der Waals surface area contributed by atoms with Gasteiger partial charge in [0, 0.05) is 5.69 Å². The Balaban J connectivity index is 1.86. The number of nitrogens with one attached hydrogen (secondary N) is 2. The molecule has 0 atom stereocenters. The van der Waals surface area contributed by atoms with E-state index < -0.39 is 27.3 Å². The van der Waals surface area contributed by atoms with Crippen molar-refractivity contribution in [1.82, 2.24) is 4.72 Å². The third-order valence-corrected chi connectivity index (χ3v) is 6.10. The Morgan fingerprint density at radius 1 is 1.22 bits per heavy atom. The van der Waals surface area contributed by atoms with Crippen molar-refractivity contribution in [1.29, 1.82) is 0 Å². The molecule has 2 N–H and O–H groups in total. The summed E-state index contributed by atoms with van der Waals surface area (Å²) in [5, 5.41) is 2.69. The number of aryl methyl sites for hydroxylation is 1. The lowest BCUT2D eigenvalue weighted by atomic mass is 10.0. The normalized spacial score (nSPS) is 15.9. The van der Waals surface area contributed by atoms with Gasteiger partial charge in [0.15, 0.2) is 0 Å². The summed E-state index contributed by atoms with van der Waals surface area (Å²) >= 11 is 6.08. The average Bonchev–Trinajstić information content (AvgIpc) is 2.56. The number of carbonyl (C=O) groups excluding carboxylic acids is 1. The highest BCUT2D eigenvalue weighted by molar-refractivity contribution is 7.89. The van der Waals surface area contributed by atoms with Crippen molar-refractivity contribution in [2.24, 2.45) is 0 Å². The molecule has 0 unspecified atom stereocenters. The number of amides is 1. The van der Waals surface area contributed by atoms with Gasteiger partial charge in [-0.25, -0.2) is 17.5 Å². The van der Waals surface area contributed by atoms with Crippen LogP contribution in [0.2, 0.25) is 5.02 Å². The molecule has 1 amide bonds. The van der Waals surface area contributed by atoms with E-state index in [1.165, 1.54) is 36.4 Å². The minimum Gasteiger partial charge on any atom is -0.377 e. The molecule has 2 aromatic carbocycles. The Kier molecular flexibility index (Phi) is 5.27. The molecule has 0 aromatic heterocycles. The smallest absolute Gasteiger partial charge is 0.257 e. The molecule has 0 spiro atoms. The molecule has 6 nitrogen and oxygen atoms in total. The van der Waals surface area contributed by atoms with Crippen LogP contribution in [0.5, 0.6) is 0 Å². The van der Waals surface area contributed by atoms with Gasteiger partial charge in [-0.3, -0.25) is 4.79 Å². The molecule has 0 saturated carbocycles. The Morgan fingerprint density at radius 3 is 2.52 bits per heavy atom. The van der Waals surface area contributed by atoms with Crippen LogP contribution in [0, 0.1) is 12.7 Å². The Bertz CT molecular complexity index is 1010. The van der Waals surface area contributed by atoms with Crippen molar-refractivity contribution in [3.8, 4) is 0 Å². The highest BCUT2D eigenvalue weighted by atomic mass is 35.5. The van der Waals surface area contributed by atoms with Crippen molar-refractivity contribution >= 4 is 33.2 Å². The fraction of sp³-hybridized carbons (Fsp3) is 0.278. The number of benzene rings is 2. The quantitative estimate of drug-likeness (QED) is 0.790. The van der Waals surface area contributed by atoms with Crippen LogP contribution in [0.15, 0.2) is 41.3 Å². The molecular formula is C18H18ClFN2O4S. The second-order valence-electron chi connectivity index (χ2n) is 6.72. The Labute approximate surface area is 161 Å². The summed E-state index contributed by atoms with van der Waals surface area (Å²) in [6.45, 7) is 3.85. The fourth-order valence-electron chi connectivity index (χ4n) is 2.62. The molecule has 1 saturated heterocycles. The zero-order valence-corrected chi connectivity index (χ0v) is 16.2. The summed E-state index contributed by atoms with van der Waals surface area (Å²) < 4.78 is 46.1. The van der Waals surface area contributed by atoms with Crippen LogP contribution in [0.3, 0.4) is 0 Å². The Morgan fingerprint density at radius 2 is 1.93 bits per heavy atom. The number of carbonyl (C=O) groups is 1.